The van der Waals surface area contributed by atoms with Crippen molar-refractivity contribution in [3.8, 4) is 5.75 Å². The molecular formula is C19H19F2NO5. The number of hydrogen-bond donors (Lipinski definition) is 1. The lowest BCUT2D eigenvalue weighted by Crippen LogP contribution is -2.25. The van der Waals surface area contributed by atoms with E-state index < -0.39 is 24.5 Å². The zero-order valence-corrected chi connectivity index (χ0v) is 15.3. The molecule has 1 aromatic carbocycles. The number of halogens is 2. The minimum atomic E-state index is -3.10. The normalized spacial score (nSPS) is 12.0. The lowest BCUT2D eigenvalue weighted by molar-refractivity contribution is -0.0505. The molecule has 2 rings (SSSR count). The zero-order valence-electron chi connectivity index (χ0n) is 15.3. The van der Waals surface area contributed by atoms with Crippen molar-refractivity contribution in [2.24, 2.45) is 0 Å². The summed E-state index contributed by atoms with van der Waals surface area (Å²) in [5.41, 5.74) is 1.36. The minimum Gasteiger partial charge on any atom is -0.450 e. The average Bonchev–Trinajstić information content (AvgIpc) is 2.88. The van der Waals surface area contributed by atoms with E-state index in [1.807, 2.05) is 0 Å². The van der Waals surface area contributed by atoms with Crippen molar-refractivity contribution in [2.75, 3.05) is 0 Å². The Morgan fingerprint density at radius 2 is 1.74 bits per heavy atom. The number of benzene rings is 1. The molecule has 1 N–H and O–H groups in total. The summed E-state index contributed by atoms with van der Waals surface area (Å²) >= 11 is 0. The maximum Gasteiger partial charge on any atom is 0.387 e. The molecule has 144 valence electrons. The summed E-state index contributed by atoms with van der Waals surface area (Å²) in [6.45, 7) is 2.93. The molecule has 0 aliphatic rings. The fraction of sp³-hybridized carbons (Fsp3) is 0.316. The number of H-pyrrole nitrogens is 1. The summed E-state index contributed by atoms with van der Waals surface area (Å²) in [6.07, 6.45) is -1.20. The van der Waals surface area contributed by atoms with Crippen LogP contribution in [0, 0.1) is 13.8 Å². The Labute approximate surface area is 154 Å². The number of para-hydroxylation sites is 1. The average molecular weight is 379 g/mol. The smallest absolute Gasteiger partial charge is 0.387 e. The lowest BCUT2D eigenvalue weighted by atomic mass is 10.0. The summed E-state index contributed by atoms with van der Waals surface area (Å²) in [5, 5.41) is 0. The number of hydrogen-bond acceptors (Lipinski definition) is 5. The molecular weight excluding hydrogens is 360 g/mol. The van der Waals surface area contributed by atoms with Gasteiger partial charge in [0.2, 0.25) is 5.78 Å². The van der Waals surface area contributed by atoms with Gasteiger partial charge in [-0.3, -0.25) is 9.59 Å². The number of ether oxygens (including phenoxy) is 2. The van der Waals surface area contributed by atoms with Crippen LogP contribution in [-0.4, -0.2) is 35.2 Å². The van der Waals surface area contributed by atoms with Gasteiger partial charge in [-0.2, -0.15) is 8.78 Å². The van der Waals surface area contributed by atoms with Gasteiger partial charge in [0, 0.05) is 11.3 Å². The molecule has 0 unspecified atom stereocenters. The second-order valence-corrected chi connectivity index (χ2v) is 5.97. The molecule has 0 aliphatic heterocycles. The first-order chi connectivity index (χ1) is 12.6. The van der Waals surface area contributed by atoms with Crippen LogP contribution < -0.4 is 4.74 Å². The number of Topliss-reactive ketones (excluding diaryl/α,β-unsaturated/α-hetero) is 2. The summed E-state index contributed by atoms with van der Waals surface area (Å²) in [5.74, 6) is -2.05. The number of carbonyl (C=O) groups excluding carboxylic acids is 3. The SMILES string of the molecule is CC(=O)c1c(C)[nH]c(C(=O)[C@H](C)OC(=O)c2ccccc2OC(F)F)c1C. The van der Waals surface area contributed by atoms with Gasteiger partial charge in [0.1, 0.15) is 11.3 Å². The molecule has 27 heavy (non-hydrogen) atoms. The van der Waals surface area contributed by atoms with E-state index in [9.17, 15) is 23.2 Å². The monoisotopic (exact) mass is 379 g/mol. The molecule has 6 nitrogen and oxygen atoms in total. The summed E-state index contributed by atoms with van der Waals surface area (Å²) in [6, 6.07) is 5.35. The number of ketones is 2. The van der Waals surface area contributed by atoms with Gasteiger partial charge in [0.25, 0.3) is 0 Å². The molecule has 0 saturated carbocycles. The van der Waals surface area contributed by atoms with Gasteiger partial charge in [0.15, 0.2) is 11.9 Å². The topological polar surface area (TPSA) is 85.5 Å². The quantitative estimate of drug-likeness (QED) is 0.583. The maximum atomic E-state index is 12.6. The van der Waals surface area contributed by atoms with Crippen molar-refractivity contribution >= 4 is 17.5 Å². The summed E-state index contributed by atoms with van der Waals surface area (Å²) in [7, 11) is 0. The summed E-state index contributed by atoms with van der Waals surface area (Å²) in [4.78, 5) is 39.4. The van der Waals surface area contributed by atoms with E-state index in [1.165, 1.54) is 38.1 Å². The van der Waals surface area contributed by atoms with Crippen molar-refractivity contribution in [1.29, 1.82) is 0 Å². The maximum absolute atomic E-state index is 12.6. The van der Waals surface area contributed by atoms with Crippen LogP contribution in [0.3, 0.4) is 0 Å². The number of esters is 1. The largest absolute Gasteiger partial charge is 0.450 e. The second-order valence-electron chi connectivity index (χ2n) is 5.97. The molecule has 0 spiro atoms. The van der Waals surface area contributed by atoms with Gasteiger partial charge in [-0.1, -0.05) is 12.1 Å². The van der Waals surface area contributed by atoms with Crippen LogP contribution in [0.2, 0.25) is 0 Å². The number of rotatable bonds is 7. The first-order valence-electron chi connectivity index (χ1n) is 8.12. The first kappa shape index (κ1) is 20.3. The van der Waals surface area contributed by atoms with E-state index >= 15 is 0 Å². The Kier molecular flexibility index (Phi) is 6.09. The van der Waals surface area contributed by atoms with E-state index in [-0.39, 0.29) is 22.8 Å². The molecule has 0 aliphatic carbocycles. The van der Waals surface area contributed by atoms with Gasteiger partial charge >= 0.3 is 12.6 Å². The molecule has 0 radical (unpaired) electrons. The van der Waals surface area contributed by atoms with Crippen molar-refractivity contribution in [1.82, 2.24) is 4.98 Å². The highest BCUT2D eigenvalue weighted by atomic mass is 19.3. The van der Waals surface area contributed by atoms with Crippen LogP contribution >= 0.6 is 0 Å². The Morgan fingerprint density at radius 1 is 1.11 bits per heavy atom. The first-order valence-corrected chi connectivity index (χ1v) is 8.12. The van der Waals surface area contributed by atoms with Gasteiger partial charge in [-0.15, -0.1) is 0 Å². The third-order valence-electron chi connectivity index (χ3n) is 4.01. The van der Waals surface area contributed by atoms with E-state index in [0.717, 1.165) is 0 Å². The third-order valence-corrected chi connectivity index (χ3v) is 4.01. The highest BCUT2D eigenvalue weighted by molar-refractivity contribution is 6.05. The van der Waals surface area contributed by atoms with Crippen LogP contribution in [0.1, 0.15) is 56.3 Å². The van der Waals surface area contributed by atoms with Crippen molar-refractivity contribution < 1.29 is 32.6 Å². The number of carbonyl (C=O) groups is 3. The number of aromatic amines is 1. The van der Waals surface area contributed by atoms with Crippen LogP contribution in [0.15, 0.2) is 24.3 Å². The van der Waals surface area contributed by atoms with Crippen LogP contribution in [0.4, 0.5) is 8.78 Å². The van der Waals surface area contributed by atoms with Crippen LogP contribution in [-0.2, 0) is 4.74 Å². The molecule has 0 bridgehead atoms. The van der Waals surface area contributed by atoms with Crippen LogP contribution in [0.5, 0.6) is 5.75 Å². The second kappa shape index (κ2) is 8.11. The molecule has 1 atom stereocenters. The van der Waals surface area contributed by atoms with E-state index in [1.54, 1.807) is 13.8 Å². The predicted molar refractivity (Wildman–Crippen MR) is 92.6 cm³/mol. The molecule has 1 heterocycles. The van der Waals surface area contributed by atoms with Gasteiger partial charge in [-0.25, -0.2) is 4.79 Å². The number of nitrogens with one attached hydrogen (secondary N) is 1. The standard InChI is InChI=1S/C19H19F2NO5/c1-9-15(11(3)23)10(2)22-16(9)17(24)12(4)26-18(25)13-7-5-6-8-14(13)27-19(20)21/h5-8,12,19,22H,1-4H3/t12-/m0/s1. The van der Waals surface area contributed by atoms with Gasteiger partial charge < -0.3 is 14.5 Å². The Bertz CT molecular complexity index is 888. The molecule has 0 saturated heterocycles. The predicted octanol–water partition coefficient (Wildman–Crippen LogP) is 3.86. The van der Waals surface area contributed by atoms with Crippen molar-refractivity contribution in [3.05, 3.63) is 52.3 Å². The third kappa shape index (κ3) is 4.39. The van der Waals surface area contributed by atoms with E-state index in [2.05, 4.69) is 9.72 Å². The molecule has 8 heteroatoms. The fourth-order valence-corrected chi connectivity index (χ4v) is 2.84. The summed E-state index contributed by atoms with van der Waals surface area (Å²) < 4.78 is 34.3. The molecule has 0 fully saturated rings. The van der Waals surface area contributed by atoms with E-state index in [0.29, 0.717) is 16.8 Å². The number of aromatic nitrogens is 1. The fourth-order valence-electron chi connectivity index (χ4n) is 2.84. The Morgan fingerprint density at radius 3 is 2.30 bits per heavy atom. The molecule has 0 amide bonds. The highest BCUT2D eigenvalue weighted by Crippen LogP contribution is 2.23. The van der Waals surface area contributed by atoms with Crippen molar-refractivity contribution in [2.45, 2.75) is 40.4 Å². The van der Waals surface area contributed by atoms with Gasteiger partial charge in [-0.05, 0) is 45.4 Å². The Hall–Kier alpha value is -3.03. The van der Waals surface area contributed by atoms with Crippen LogP contribution in [0.25, 0.3) is 0 Å². The molecule has 2 aromatic rings. The zero-order chi connectivity index (χ0) is 20.3. The van der Waals surface area contributed by atoms with E-state index in [4.69, 9.17) is 4.74 Å². The van der Waals surface area contributed by atoms with Gasteiger partial charge in [0.05, 0.1) is 5.69 Å². The number of aryl methyl sites for hydroxylation is 1. The molecule has 1 aromatic heterocycles. The Balaban J connectivity index is 2.22. The lowest BCUT2D eigenvalue weighted by Gasteiger charge is -2.14. The van der Waals surface area contributed by atoms with Crippen molar-refractivity contribution in [3.63, 3.8) is 0 Å². The number of alkyl halides is 2. The minimum absolute atomic E-state index is 0.162. The highest BCUT2D eigenvalue weighted by Gasteiger charge is 2.27.